The Morgan fingerprint density at radius 3 is 2.36 bits per heavy atom. The Kier molecular flexibility index (Phi) is 7.07. The Morgan fingerprint density at radius 2 is 1.91 bits per heavy atom. The summed E-state index contributed by atoms with van der Waals surface area (Å²) in [5, 5.41) is 10.5. The SMILES string of the molecule is CCNC(C)C(CC)(CC)CNC(=O)c1noc(CC)c1C. The average molecular weight is 309 g/mol. The first-order valence-electron chi connectivity index (χ1n) is 8.42. The monoisotopic (exact) mass is 309 g/mol. The van der Waals surface area contributed by atoms with Crippen LogP contribution in [0.2, 0.25) is 0 Å². The van der Waals surface area contributed by atoms with Gasteiger partial charge in [0.15, 0.2) is 5.69 Å². The summed E-state index contributed by atoms with van der Waals surface area (Å²) in [6.45, 7) is 14.1. The minimum Gasteiger partial charge on any atom is -0.360 e. The van der Waals surface area contributed by atoms with Crippen LogP contribution in [0.25, 0.3) is 0 Å². The molecule has 1 amide bonds. The van der Waals surface area contributed by atoms with Crippen LogP contribution in [0.5, 0.6) is 0 Å². The van der Waals surface area contributed by atoms with Crippen molar-refractivity contribution in [1.29, 1.82) is 0 Å². The molecule has 1 unspecified atom stereocenters. The predicted molar refractivity (Wildman–Crippen MR) is 89.1 cm³/mol. The highest BCUT2D eigenvalue weighted by molar-refractivity contribution is 5.93. The standard InChI is InChI=1S/C17H31N3O2/c1-7-14-12(5)15(20-22-14)16(21)19-11-17(8-2,9-3)13(6)18-10-4/h13,18H,7-11H2,1-6H3,(H,19,21). The van der Waals surface area contributed by atoms with Crippen LogP contribution < -0.4 is 10.6 Å². The Morgan fingerprint density at radius 1 is 1.27 bits per heavy atom. The molecule has 126 valence electrons. The summed E-state index contributed by atoms with van der Waals surface area (Å²) in [5.41, 5.74) is 1.31. The Bertz CT molecular complexity index is 478. The van der Waals surface area contributed by atoms with Gasteiger partial charge in [-0.2, -0.15) is 0 Å². The van der Waals surface area contributed by atoms with Crippen LogP contribution in [0.15, 0.2) is 4.52 Å². The number of aromatic nitrogens is 1. The van der Waals surface area contributed by atoms with Gasteiger partial charge in [-0.3, -0.25) is 4.79 Å². The number of nitrogens with zero attached hydrogens (tertiary/aromatic N) is 1. The van der Waals surface area contributed by atoms with Gasteiger partial charge in [-0.05, 0) is 33.2 Å². The molecule has 0 aromatic carbocycles. The average Bonchev–Trinajstić information content (AvgIpc) is 2.89. The normalized spacial score (nSPS) is 13.2. The van der Waals surface area contributed by atoms with Gasteiger partial charge < -0.3 is 15.2 Å². The third-order valence-electron chi connectivity index (χ3n) is 4.99. The van der Waals surface area contributed by atoms with Crippen molar-refractivity contribution in [2.45, 2.75) is 66.8 Å². The van der Waals surface area contributed by atoms with Crippen molar-refractivity contribution in [2.24, 2.45) is 5.41 Å². The van der Waals surface area contributed by atoms with Gasteiger partial charge in [0, 0.05) is 30.0 Å². The van der Waals surface area contributed by atoms with Gasteiger partial charge in [0.05, 0.1) is 0 Å². The van der Waals surface area contributed by atoms with Crippen LogP contribution in [-0.2, 0) is 6.42 Å². The zero-order valence-electron chi connectivity index (χ0n) is 14.9. The van der Waals surface area contributed by atoms with E-state index in [-0.39, 0.29) is 11.3 Å². The lowest BCUT2D eigenvalue weighted by Crippen LogP contribution is -2.49. The second kappa shape index (κ2) is 8.32. The second-order valence-electron chi connectivity index (χ2n) is 5.96. The quantitative estimate of drug-likeness (QED) is 0.735. The third kappa shape index (κ3) is 3.88. The van der Waals surface area contributed by atoms with E-state index in [0.717, 1.165) is 37.1 Å². The molecule has 0 fully saturated rings. The van der Waals surface area contributed by atoms with E-state index in [1.165, 1.54) is 0 Å². The number of aryl methyl sites for hydroxylation is 1. The van der Waals surface area contributed by atoms with E-state index in [1.807, 2.05) is 13.8 Å². The van der Waals surface area contributed by atoms with Gasteiger partial charge >= 0.3 is 0 Å². The van der Waals surface area contributed by atoms with E-state index in [4.69, 9.17) is 4.52 Å². The second-order valence-corrected chi connectivity index (χ2v) is 5.96. The summed E-state index contributed by atoms with van der Waals surface area (Å²) in [6.07, 6.45) is 2.77. The van der Waals surface area contributed by atoms with Crippen LogP contribution in [0.4, 0.5) is 0 Å². The first-order chi connectivity index (χ1) is 10.5. The number of rotatable bonds is 9. The van der Waals surface area contributed by atoms with Crippen molar-refractivity contribution >= 4 is 5.91 Å². The molecule has 0 spiro atoms. The van der Waals surface area contributed by atoms with Crippen molar-refractivity contribution < 1.29 is 9.32 Å². The summed E-state index contributed by atoms with van der Waals surface area (Å²) in [7, 11) is 0. The maximum Gasteiger partial charge on any atom is 0.273 e. The number of nitrogens with one attached hydrogen (secondary N) is 2. The number of carbonyl (C=O) groups excluding carboxylic acids is 1. The molecule has 5 heteroatoms. The largest absolute Gasteiger partial charge is 0.360 e. The Balaban J connectivity index is 2.80. The molecule has 1 aromatic rings. The van der Waals surface area contributed by atoms with E-state index < -0.39 is 0 Å². The van der Waals surface area contributed by atoms with Crippen molar-refractivity contribution in [3.63, 3.8) is 0 Å². The lowest BCUT2D eigenvalue weighted by Gasteiger charge is -2.38. The van der Waals surface area contributed by atoms with E-state index in [9.17, 15) is 4.79 Å². The highest BCUT2D eigenvalue weighted by Crippen LogP contribution is 2.30. The van der Waals surface area contributed by atoms with Crippen LogP contribution in [0.3, 0.4) is 0 Å². The minimum absolute atomic E-state index is 0.0525. The number of hydrogen-bond donors (Lipinski definition) is 2. The van der Waals surface area contributed by atoms with Gasteiger partial charge in [0.2, 0.25) is 0 Å². The molecule has 2 N–H and O–H groups in total. The molecule has 1 heterocycles. The van der Waals surface area contributed by atoms with Gasteiger partial charge in [-0.25, -0.2) is 0 Å². The van der Waals surface area contributed by atoms with E-state index in [1.54, 1.807) is 0 Å². The van der Waals surface area contributed by atoms with Gasteiger partial charge in [0.25, 0.3) is 5.91 Å². The summed E-state index contributed by atoms with van der Waals surface area (Å²) >= 11 is 0. The molecule has 1 atom stereocenters. The van der Waals surface area contributed by atoms with Crippen molar-refractivity contribution in [3.05, 3.63) is 17.0 Å². The highest BCUT2D eigenvalue weighted by atomic mass is 16.5. The first-order valence-corrected chi connectivity index (χ1v) is 8.42. The number of carbonyl (C=O) groups is 1. The summed E-state index contributed by atoms with van der Waals surface area (Å²) in [6, 6.07) is 0.345. The van der Waals surface area contributed by atoms with Crippen LogP contribution >= 0.6 is 0 Å². The Labute approximate surface area is 134 Å². The molecule has 1 rings (SSSR count). The highest BCUT2D eigenvalue weighted by Gasteiger charge is 2.33. The van der Waals surface area contributed by atoms with Gasteiger partial charge in [-0.15, -0.1) is 0 Å². The molecular weight excluding hydrogens is 278 g/mol. The van der Waals surface area contributed by atoms with Crippen molar-refractivity contribution in [2.75, 3.05) is 13.1 Å². The molecule has 0 aliphatic rings. The fourth-order valence-electron chi connectivity index (χ4n) is 3.04. The predicted octanol–water partition coefficient (Wildman–Crippen LogP) is 3.08. The van der Waals surface area contributed by atoms with Crippen LogP contribution in [0, 0.1) is 12.3 Å². The summed E-state index contributed by atoms with van der Waals surface area (Å²) in [4.78, 5) is 12.4. The number of hydrogen-bond acceptors (Lipinski definition) is 4. The molecular formula is C17H31N3O2. The molecule has 0 aliphatic carbocycles. The molecule has 0 bridgehead atoms. The molecule has 0 radical (unpaired) electrons. The topological polar surface area (TPSA) is 67.2 Å². The fourth-order valence-corrected chi connectivity index (χ4v) is 3.04. The molecule has 0 saturated heterocycles. The fraction of sp³-hybridized carbons (Fsp3) is 0.765. The van der Waals surface area contributed by atoms with E-state index >= 15 is 0 Å². The smallest absolute Gasteiger partial charge is 0.273 e. The van der Waals surface area contributed by atoms with Crippen LogP contribution in [-0.4, -0.2) is 30.2 Å². The third-order valence-corrected chi connectivity index (χ3v) is 4.99. The number of amides is 1. The molecule has 5 nitrogen and oxygen atoms in total. The molecule has 0 aliphatic heterocycles. The minimum atomic E-state index is -0.143. The maximum atomic E-state index is 12.4. The summed E-state index contributed by atoms with van der Waals surface area (Å²) in [5.74, 6) is 0.638. The van der Waals surface area contributed by atoms with E-state index in [0.29, 0.717) is 18.3 Å². The zero-order chi connectivity index (χ0) is 16.8. The lowest BCUT2D eigenvalue weighted by molar-refractivity contribution is 0.0897. The zero-order valence-corrected chi connectivity index (χ0v) is 14.9. The first kappa shape index (κ1) is 18.7. The van der Waals surface area contributed by atoms with Crippen LogP contribution in [0.1, 0.15) is 69.3 Å². The molecule has 22 heavy (non-hydrogen) atoms. The molecule has 1 aromatic heterocycles. The van der Waals surface area contributed by atoms with E-state index in [2.05, 4.69) is 43.5 Å². The molecule has 0 saturated carbocycles. The van der Waals surface area contributed by atoms with Crippen molar-refractivity contribution in [3.8, 4) is 0 Å². The van der Waals surface area contributed by atoms with Gasteiger partial charge in [0.1, 0.15) is 5.76 Å². The maximum absolute atomic E-state index is 12.4. The Hall–Kier alpha value is -1.36. The van der Waals surface area contributed by atoms with Gasteiger partial charge in [-0.1, -0.05) is 32.9 Å². The lowest BCUT2D eigenvalue weighted by atomic mass is 9.76. The van der Waals surface area contributed by atoms with Crippen molar-refractivity contribution in [1.82, 2.24) is 15.8 Å². The summed E-state index contributed by atoms with van der Waals surface area (Å²) < 4.78 is 5.21.